The number of carboxylic acid groups (broad SMARTS) is 1. The molecule has 0 aliphatic rings. The highest BCUT2D eigenvalue weighted by Crippen LogP contribution is 2.20. The second kappa shape index (κ2) is 10.8. The van der Waals surface area contributed by atoms with E-state index in [2.05, 4.69) is 15.3 Å². The summed E-state index contributed by atoms with van der Waals surface area (Å²) >= 11 is 0. The second-order valence-corrected chi connectivity index (χ2v) is 8.56. The number of nitrogens with zero attached hydrogens (tertiary/aromatic N) is 1. The molecular weight excluding hydrogens is 498 g/mol. The minimum absolute atomic E-state index is 0.226. The average molecular weight is 524 g/mol. The van der Waals surface area contributed by atoms with Crippen molar-refractivity contribution in [2.75, 3.05) is 5.73 Å². The van der Waals surface area contributed by atoms with Gasteiger partial charge in [0.2, 0.25) is 11.8 Å². The van der Waals surface area contributed by atoms with Crippen molar-refractivity contribution in [1.29, 1.82) is 0 Å². The molecule has 13 nitrogen and oxygen atoms in total. The predicted octanol–water partition coefficient (Wildman–Crippen LogP) is 1.05. The molecule has 0 aliphatic carbocycles. The molecular formula is C25H25N5O8. The molecule has 0 saturated carbocycles. The Labute approximate surface area is 214 Å². The highest BCUT2D eigenvalue weighted by atomic mass is 16.7. The van der Waals surface area contributed by atoms with E-state index in [4.69, 9.17) is 10.6 Å². The van der Waals surface area contributed by atoms with Crippen LogP contribution in [0.2, 0.25) is 0 Å². The van der Waals surface area contributed by atoms with E-state index < -0.39 is 42.1 Å². The molecule has 0 fully saturated rings. The molecule has 0 saturated heterocycles. The van der Waals surface area contributed by atoms with Crippen LogP contribution in [0.5, 0.6) is 11.8 Å². The summed E-state index contributed by atoms with van der Waals surface area (Å²) < 4.78 is 0.491. The number of fused-ring (bicyclic) bond motifs is 1. The molecule has 3 aromatic heterocycles. The van der Waals surface area contributed by atoms with Crippen LogP contribution in [0.25, 0.3) is 10.9 Å². The number of rotatable bonds is 10. The molecule has 0 spiro atoms. The molecule has 0 radical (unpaired) electrons. The Kier molecular flexibility index (Phi) is 7.37. The van der Waals surface area contributed by atoms with Crippen LogP contribution < -0.4 is 21.4 Å². The Morgan fingerprint density at radius 2 is 1.74 bits per heavy atom. The number of carbonyl (C=O) groups is 3. The summed E-state index contributed by atoms with van der Waals surface area (Å²) in [5, 5.41) is 31.4. The van der Waals surface area contributed by atoms with E-state index in [1.165, 1.54) is 0 Å². The van der Waals surface area contributed by atoms with Gasteiger partial charge in [0.25, 0.3) is 11.5 Å². The van der Waals surface area contributed by atoms with Gasteiger partial charge in [-0.15, -0.1) is 4.73 Å². The minimum atomic E-state index is -1.38. The number of aryl methyl sites for hydroxylation is 2. The normalized spacial score (nSPS) is 11.8. The number of aliphatic carboxylic acids is 1. The van der Waals surface area contributed by atoms with Gasteiger partial charge in [0, 0.05) is 30.0 Å². The van der Waals surface area contributed by atoms with Crippen molar-refractivity contribution in [1.82, 2.24) is 20.0 Å². The first-order chi connectivity index (χ1) is 18.1. The summed E-state index contributed by atoms with van der Waals surface area (Å²) in [6, 6.07) is 9.05. The fourth-order valence-corrected chi connectivity index (χ4v) is 3.95. The lowest BCUT2D eigenvalue weighted by Gasteiger charge is -2.14. The predicted molar refractivity (Wildman–Crippen MR) is 135 cm³/mol. The smallest absolute Gasteiger partial charge is 0.333 e. The van der Waals surface area contributed by atoms with Crippen molar-refractivity contribution >= 4 is 34.6 Å². The van der Waals surface area contributed by atoms with Crippen molar-refractivity contribution < 1.29 is 34.5 Å². The maximum atomic E-state index is 12.6. The van der Waals surface area contributed by atoms with Crippen LogP contribution >= 0.6 is 0 Å². The second-order valence-electron chi connectivity index (χ2n) is 8.56. The number of pyridine rings is 1. The lowest BCUT2D eigenvalue weighted by atomic mass is 10.0. The monoisotopic (exact) mass is 523 g/mol. The number of amides is 1. The summed E-state index contributed by atoms with van der Waals surface area (Å²) in [5.74, 6) is -3.65. The van der Waals surface area contributed by atoms with Crippen LogP contribution in [-0.4, -0.2) is 53.9 Å². The van der Waals surface area contributed by atoms with Crippen LogP contribution in [-0.2, 0) is 22.4 Å². The Morgan fingerprint density at radius 1 is 1.05 bits per heavy atom. The fraction of sp³-hybridized carbons (Fsp3) is 0.200. The summed E-state index contributed by atoms with van der Waals surface area (Å²) in [6.07, 6.45) is 2.22. The van der Waals surface area contributed by atoms with E-state index in [1.54, 1.807) is 36.5 Å². The SMILES string of the molecule is Nc1cc2[nH]cc(CCc3ccc(C(=O)NC(CCC(=O)On4c(O)ccc4O)C(=O)O)cc3)c2c(=O)[nH]1. The number of anilines is 1. The van der Waals surface area contributed by atoms with Gasteiger partial charge in [-0.05, 0) is 42.5 Å². The summed E-state index contributed by atoms with van der Waals surface area (Å²) in [7, 11) is 0. The van der Waals surface area contributed by atoms with Gasteiger partial charge in [0.1, 0.15) is 11.9 Å². The van der Waals surface area contributed by atoms with Crippen molar-refractivity contribution in [3.8, 4) is 11.8 Å². The Hall–Kier alpha value is -5.20. The Morgan fingerprint density at radius 3 is 2.39 bits per heavy atom. The zero-order valence-electron chi connectivity index (χ0n) is 19.9. The number of nitrogens with one attached hydrogen (secondary N) is 3. The third-order valence-corrected chi connectivity index (χ3v) is 5.91. The van der Waals surface area contributed by atoms with Gasteiger partial charge in [-0.3, -0.25) is 9.59 Å². The van der Waals surface area contributed by atoms with Crippen molar-refractivity contribution in [2.24, 2.45) is 0 Å². The quantitative estimate of drug-likeness (QED) is 0.158. The van der Waals surface area contributed by atoms with E-state index in [0.29, 0.717) is 28.5 Å². The number of carbonyl (C=O) groups excluding carboxylic acids is 2. The number of hydrogen-bond donors (Lipinski definition) is 7. The molecule has 4 rings (SSSR count). The lowest BCUT2D eigenvalue weighted by molar-refractivity contribution is -0.146. The number of hydrogen-bond acceptors (Lipinski definition) is 8. The number of aromatic nitrogens is 3. The molecule has 0 aliphatic heterocycles. The molecule has 4 aromatic rings. The lowest BCUT2D eigenvalue weighted by Crippen LogP contribution is -2.41. The molecule has 0 bridgehead atoms. The third-order valence-electron chi connectivity index (χ3n) is 5.91. The van der Waals surface area contributed by atoms with Gasteiger partial charge in [-0.2, -0.15) is 0 Å². The number of aromatic hydroxyl groups is 2. The number of H-pyrrole nitrogens is 2. The van der Waals surface area contributed by atoms with Crippen LogP contribution in [0, 0.1) is 0 Å². The van der Waals surface area contributed by atoms with Gasteiger partial charge in [0.15, 0.2) is 0 Å². The summed E-state index contributed by atoms with van der Waals surface area (Å²) in [4.78, 5) is 58.8. The number of aromatic amines is 2. The maximum absolute atomic E-state index is 12.6. The van der Waals surface area contributed by atoms with E-state index >= 15 is 0 Å². The van der Waals surface area contributed by atoms with E-state index in [-0.39, 0.29) is 23.4 Å². The molecule has 1 aromatic carbocycles. The number of nitrogens with two attached hydrogens (primary N) is 1. The van der Waals surface area contributed by atoms with E-state index in [1.807, 2.05) is 0 Å². The largest absolute Gasteiger partial charge is 0.492 e. The first kappa shape index (κ1) is 25.9. The number of carboxylic acids is 1. The van der Waals surface area contributed by atoms with Crippen molar-refractivity contribution in [2.45, 2.75) is 31.7 Å². The third kappa shape index (κ3) is 5.78. The van der Waals surface area contributed by atoms with E-state index in [0.717, 1.165) is 23.3 Å². The molecule has 1 unspecified atom stereocenters. The van der Waals surface area contributed by atoms with Crippen LogP contribution in [0.15, 0.2) is 53.5 Å². The molecule has 38 heavy (non-hydrogen) atoms. The highest BCUT2D eigenvalue weighted by molar-refractivity contribution is 5.96. The standard InChI is InChI=1S/C25H25N5O8/c26-18-11-17-22(24(35)29-18)15(12-27-17)6-3-13-1-4-14(5-2-13)23(34)28-16(25(36)37)7-10-21(33)38-30-19(31)8-9-20(30)32/h1-2,4-5,8-9,11-12,16,27,31-32H,3,6-7,10H2,(H,28,34)(H,36,37)(H3,26,29,35). The zero-order valence-corrected chi connectivity index (χ0v) is 19.9. The average Bonchev–Trinajstić information content (AvgIpc) is 3.43. The molecule has 8 N–H and O–H groups in total. The van der Waals surface area contributed by atoms with Gasteiger partial charge >= 0.3 is 11.9 Å². The molecule has 3 heterocycles. The molecule has 1 amide bonds. The van der Waals surface area contributed by atoms with Gasteiger partial charge in [-0.25, -0.2) is 9.59 Å². The van der Waals surface area contributed by atoms with Crippen LogP contribution in [0.4, 0.5) is 5.82 Å². The topological polar surface area (TPSA) is 213 Å². The Balaban J connectivity index is 1.32. The first-order valence-electron chi connectivity index (χ1n) is 11.5. The van der Waals surface area contributed by atoms with E-state index in [9.17, 15) is 34.5 Å². The zero-order chi connectivity index (χ0) is 27.4. The van der Waals surface area contributed by atoms with Gasteiger partial charge in [-0.1, -0.05) is 12.1 Å². The number of nitrogen functional groups attached to an aromatic ring is 1. The van der Waals surface area contributed by atoms with Crippen molar-refractivity contribution in [3.63, 3.8) is 0 Å². The van der Waals surface area contributed by atoms with Crippen molar-refractivity contribution in [3.05, 3.63) is 75.7 Å². The molecule has 198 valence electrons. The minimum Gasteiger partial charge on any atom is -0.492 e. The number of benzene rings is 1. The molecule has 13 heteroatoms. The van der Waals surface area contributed by atoms with Gasteiger partial charge in [0.05, 0.1) is 17.3 Å². The maximum Gasteiger partial charge on any atom is 0.333 e. The Bertz CT molecular complexity index is 1530. The van der Waals surface area contributed by atoms with Crippen LogP contribution in [0.3, 0.4) is 0 Å². The summed E-state index contributed by atoms with van der Waals surface area (Å²) in [6.45, 7) is 0. The van der Waals surface area contributed by atoms with Gasteiger partial charge < -0.3 is 41.2 Å². The van der Waals surface area contributed by atoms with Crippen LogP contribution in [0.1, 0.15) is 34.3 Å². The first-order valence-corrected chi connectivity index (χ1v) is 11.5. The fourth-order valence-electron chi connectivity index (χ4n) is 3.95. The highest BCUT2D eigenvalue weighted by Gasteiger charge is 2.23. The summed E-state index contributed by atoms with van der Waals surface area (Å²) in [5.41, 5.74) is 8.00. The molecule has 1 atom stereocenters.